The Balaban J connectivity index is 1.43. The first-order chi connectivity index (χ1) is 16.1. The van der Waals surface area contributed by atoms with Crippen LogP contribution in [0.15, 0.2) is 84.9 Å². The zero-order chi connectivity index (χ0) is 22.8. The van der Waals surface area contributed by atoms with Crippen molar-refractivity contribution in [3.05, 3.63) is 112 Å². The van der Waals surface area contributed by atoms with Crippen molar-refractivity contribution in [1.82, 2.24) is 9.88 Å². The number of benzene rings is 3. The maximum Gasteiger partial charge on any atom is 0.251 e. The summed E-state index contributed by atoms with van der Waals surface area (Å²) in [4.78, 5) is 12.7. The fourth-order valence-corrected chi connectivity index (χ4v) is 4.91. The van der Waals surface area contributed by atoms with Crippen LogP contribution >= 0.6 is 11.6 Å². The highest BCUT2D eigenvalue weighted by molar-refractivity contribution is 6.31. The quantitative estimate of drug-likeness (QED) is 0.351. The molecule has 5 rings (SSSR count). The summed E-state index contributed by atoms with van der Waals surface area (Å²) in [5.41, 5.74) is 7.89. The summed E-state index contributed by atoms with van der Waals surface area (Å²) in [5.74, 6) is 0.606. The Bertz CT molecular complexity index is 1270. The second kappa shape index (κ2) is 9.29. The smallest absolute Gasteiger partial charge is 0.251 e. The molecule has 1 unspecified atom stereocenters. The first-order valence-electron chi connectivity index (χ1n) is 11.5. The fourth-order valence-electron chi connectivity index (χ4n) is 4.71. The minimum absolute atomic E-state index is 0.104. The lowest BCUT2D eigenvalue weighted by Crippen LogP contribution is -2.23. The van der Waals surface area contributed by atoms with Crippen LogP contribution in [0.2, 0.25) is 5.02 Å². The zero-order valence-electron chi connectivity index (χ0n) is 18.7. The summed E-state index contributed by atoms with van der Waals surface area (Å²) in [6.45, 7) is 2.74. The molecule has 33 heavy (non-hydrogen) atoms. The summed E-state index contributed by atoms with van der Waals surface area (Å²) in [7, 11) is 0. The van der Waals surface area contributed by atoms with Crippen molar-refractivity contribution in [2.75, 3.05) is 0 Å². The van der Waals surface area contributed by atoms with Crippen LogP contribution in [0, 0.1) is 5.92 Å². The molecule has 0 saturated heterocycles. The van der Waals surface area contributed by atoms with E-state index in [0.29, 0.717) is 23.0 Å². The number of fused-ring (bicyclic) bond motifs is 1. The molecule has 1 heterocycles. The average Bonchev–Trinajstić information content (AvgIpc) is 3.22. The molecular weight excluding hydrogens is 428 g/mol. The van der Waals surface area contributed by atoms with Gasteiger partial charge in [0.25, 0.3) is 5.91 Å². The van der Waals surface area contributed by atoms with Crippen LogP contribution in [0.3, 0.4) is 0 Å². The number of rotatable bonds is 5. The molecule has 1 aliphatic carbocycles. The highest BCUT2D eigenvalue weighted by atomic mass is 35.5. The molecule has 0 spiro atoms. The number of nitrogens with one attached hydrogen (secondary N) is 1. The van der Waals surface area contributed by atoms with Crippen molar-refractivity contribution in [2.24, 2.45) is 5.92 Å². The van der Waals surface area contributed by atoms with E-state index < -0.39 is 0 Å². The summed E-state index contributed by atoms with van der Waals surface area (Å²) in [5, 5.41) is 3.63. The Morgan fingerprint density at radius 1 is 1.00 bits per heavy atom. The van der Waals surface area contributed by atoms with Gasteiger partial charge in [0.05, 0.1) is 5.69 Å². The average molecular weight is 455 g/mol. The normalized spacial score (nSPS) is 15.2. The van der Waals surface area contributed by atoms with Gasteiger partial charge < -0.3 is 9.88 Å². The second-order valence-electron chi connectivity index (χ2n) is 8.87. The molecule has 0 aliphatic heterocycles. The van der Waals surface area contributed by atoms with Gasteiger partial charge in [-0.3, -0.25) is 4.79 Å². The molecule has 1 amide bonds. The van der Waals surface area contributed by atoms with Gasteiger partial charge in [0.15, 0.2) is 0 Å². The molecular formula is C29H27ClN2O. The highest BCUT2D eigenvalue weighted by Gasteiger charge is 2.23. The van der Waals surface area contributed by atoms with Crippen LogP contribution in [0.25, 0.3) is 16.9 Å². The second-order valence-corrected chi connectivity index (χ2v) is 9.28. The Kier molecular flexibility index (Phi) is 6.06. The van der Waals surface area contributed by atoms with E-state index in [4.69, 9.17) is 11.6 Å². The third-order valence-corrected chi connectivity index (χ3v) is 6.86. The van der Waals surface area contributed by atoms with Crippen LogP contribution < -0.4 is 5.32 Å². The monoisotopic (exact) mass is 454 g/mol. The number of amides is 1. The number of halogens is 1. The molecule has 1 N–H and O–H groups in total. The molecule has 166 valence electrons. The lowest BCUT2D eigenvalue weighted by molar-refractivity contribution is 0.0951. The Morgan fingerprint density at radius 2 is 1.73 bits per heavy atom. The first-order valence-corrected chi connectivity index (χ1v) is 11.9. The summed E-state index contributed by atoms with van der Waals surface area (Å²) in [6, 6.07) is 28.4. The summed E-state index contributed by atoms with van der Waals surface area (Å²) < 4.78 is 2.38. The molecule has 0 fully saturated rings. The van der Waals surface area contributed by atoms with Crippen LogP contribution in [0.4, 0.5) is 0 Å². The van der Waals surface area contributed by atoms with Gasteiger partial charge in [0, 0.05) is 28.5 Å². The number of carbonyl (C=O) groups excluding carboxylic acids is 1. The maximum atomic E-state index is 12.7. The van der Waals surface area contributed by atoms with E-state index in [9.17, 15) is 4.79 Å². The van der Waals surface area contributed by atoms with E-state index in [0.717, 1.165) is 24.1 Å². The van der Waals surface area contributed by atoms with Crippen LogP contribution in [-0.4, -0.2) is 10.5 Å². The summed E-state index contributed by atoms with van der Waals surface area (Å²) >= 11 is 6.21. The van der Waals surface area contributed by atoms with Gasteiger partial charge in [-0.1, -0.05) is 67.1 Å². The number of carbonyl (C=O) groups is 1. The lowest BCUT2D eigenvalue weighted by Gasteiger charge is -2.21. The molecule has 0 radical (unpaired) electrons. The molecule has 0 bridgehead atoms. The Hall–Kier alpha value is -3.30. The van der Waals surface area contributed by atoms with Gasteiger partial charge in [-0.2, -0.15) is 0 Å². The largest absolute Gasteiger partial charge is 0.348 e. The number of nitrogens with zero attached hydrogens (tertiary/aromatic N) is 1. The van der Waals surface area contributed by atoms with Crippen LogP contribution in [-0.2, 0) is 19.4 Å². The molecule has 1 atom stereocenters. The van der Waals surface area contributed by atoms with Gasteiger partial charge >= 0.3 is 0 Å². The van der Waals surface area contributed by atoms with Gasteiger partial charge in [-0.25, -0.2) is 0 Å². The van der Waals surface area contributed by atoms with Crippen molar-refractivity contribution >= 4 is 17.5 Å². The predicted octanol–water partition coefficient (Wildman–Crippen LogP) is 6.85. The van der Waals surface area contributed by atoms with Crippen molar-refractivity contribution < 1.29 is 4.79 Å². The van der Waals surface area contributed by atoms with E-state index in [1.54, 1.807) is 0 Å². The molecule has 4 aromatic rings. The third-order valence-electron chi connectivity index (χ3n) is 6.49. The van der Waals surface area contributed by atoms with Gasteiger partial charge in [0.1, 0.15) is 0 Å². The van der Waals surface area contributed by atoms with E-state index in [2.05, 4.69) is 65.3 Å². The van der Waals surface area contributed by atoms with Crippen molar-refractivity contribution in [2.45, 2.75) is 32.7 Å². The molecule has 3 nitrogen and oxygen atoms in total. The zero-order valence-corrected chi connectivity index (χ0v) is 19.5. The minimum atomic E-state index is -0.104. The molecule has 1 aromatic heterocycles. The molecule has 4 heteroatoms. The fraction of sp³-hybridized carbons (Fsp3) is 0.207. The molecule has 0 saturated carbocycles. The van der Waals surface area contributed by atoms with E-state index in [-0.39, 0.29) is 5.91 Å². The minimum Gasteiger partial charge on any atom is -0.348 e. The third kappa shape index (κ3) is 4.46. The van der Waals surface area contributed by atoms with E-state index in [1.165, 1.54) is 28.9 Å². The Morgan fingerprint density at radius 3 is 2.48 bits per heavy atom. The standard InChI is InChI=1S/C29H27ClN2O/c1-20-11-16-27-24(17-20)18-28(21-7-3-2-4-8-21)32(27)25-14-12-22(13-15-25)29(33)31-19-23-9-5-6-10-26(23)30/h2-10,12-15,18,20H,11,16-17,19H2,1H3,(H,31,33). The van der Waals surface area contributed by atoms with E-state index >= 15 is 0 Å². The number of aromatic nitrogens is 1. The van der Waals surface area contributed by atoms with Crippen LogP contribution in [0.1, 0.15) is 40.5 Å². The van der Waals surface area contributed by atoms with Gasteiger partial charge in [-0.05, 0) is 78.3 Å². The predicted molar refractivity (Wildman–Crippen MR) is 135 cm³/mol. The highest BCUT2D eigenvalue weighted by Crippen LogP contribution is 2.35. The van der Waals surface area contributed by atoms with Gasteiger partial charge in [-0.15, -0.1) is 0 Å². The molecule has 1 aliphatic rings. The van der Waals surface area contributed by atoms with Crippen molar-refractivity contribution in [1.29, 1.82) is 0 Å². The number of hydrogen-bond donors (Lipinski definition) is 1. The maximum absolute atomic E-state index is 12.7. The SMILES string of the molecule is CC1CCc2c(cc(-c3ccccc3)n2-c2ccc(C(=O)NCc3ccccc3Cl)cc2)C1. The Labute approximate surface area is 200 Å². The summed E-state index contributed by atoms with van der Waals surface area (Å²) in [6.07, 6.45) is 3.39. The lowest BCUT2D eigenvalue weighted by atomic mass is 9.89. The van der Waals surface area contributed by atoms with Gasteiger partial charge in [0.2, 0.25) is 0 Å². The van der Waals surface area contributed by atoms with Crippen LogP contribution in [0.5, 0.6) is 0 Å². The van der Waals surface area contributed by atoms with Crippen molar-refractivity contribution in [3.63, 3.8) is 0 Å². The van der Waals surface area contributed by atoms with Crippen molar-refractivity contribution in [3.8, 4) is 16.9 Å². The van der Waals surface area contributed by atoms with E-state index in [1.807, 2.05) is 36.4 Å². The number of hydrogen-bond acceptors (Lipinski definition) is 1. The molecule has 3 aromatic carbocycles. The first kappa shape index (κ1) is 21.5. The topological polar surface area (TPSA) is 34.0 Å².